The SMILES string of the molecule is O=C(Nc1ccccc1)NC(C(=O)O)C(O)c1ccccc1. The van der Waals surface area contributed by atoms with Crippen molar-refractivity contribution < 1.29 is 19.8 Å². The van der Waals surface area contributed by atoms with E-state index in [1.165, 1.54) is 0 Å². The number of para-hydroxylation sites is 1. The van der Waals surface area contributed by atoms with Crippen molar-refractivity contribution in [3.63, 3.8) is 0 Å². The third-order valence-electron chi connectivity index (χ3n) is 3.04. The van der Waals surface area contributed by atoms with Crippen LogP contribution in [0.3, 0.4) is 0 Å². The molecule has 0 saturated heterocycles. The number of rotatable bonds is 5. The number of nitrogens with one attached hydrogen (secondary N) is 2. The molecule has 0 spiro atoms. The van der Waals surface area contributed by atoms with E-state index in [0.717, 1.165) is 0 Å². The zero-order chi connectivity index (χ0) is 15.9. The predicted molar refractivity (Wildman–Crippen MR) is 81.4 cm³/mol. The molecule has 0 aliphatic heterocycles. The van der Waals surface area contributed by atoms with E-state index in [9.17, 15) is 19.8 Å². The smallest absolute Gasteiger partial charge is 0.329 e. The highest BCUT2D eigenvalue weighted by Gasteiger charge is 2.29. The molecule has 6 nitrogen and oxygen atoms in total. The van der Waals surface area contributed by atoms with Gasteiger partial charge in [0, 0.05) is 5.69 Å². The molecule has 2 amide bonds. The number of hydrogen-bond acceptors (Lipinski definition) is 3. The number of urea groups is 1. The van der Waals surface area contributed by atoms with Crippen LogP contribution in [0.4, 0.5) is 10.5 Å². The molecule has 114 valence electrons. The molecule has 22 heavy (non-hydrogen) atoms. The Morgan fingerprint density at radius 3 is 2.00 bits per heavy atom. The van der Waals surface area contributed by atoms with Crippen molar-refractivity contribution in [2.75, 3.05) is 5.32 Å². The summed E-state index contributed by atoms with van der Waals surface area (Å²) in [7, 11) is 0. The summed E-state index contributed by atoms with van der Waals surface area (Å²) in [6.07, 6.45) is -1.35. The van der Waals surface area contributed by atoms with E-state index >= 15 is 0 Å². The van der Waals surface area contributed by atoms with Crippen LogP contribution in [0.5, 0.6) is 0 Å². The Hall–Kier alpha value is -2.86. The number of anilines is 1. The van der Waals surface area contributed by atoms with Gasteiger partial charge in [-0.1, -0.05) is 48.5 Å². The first-order valence-corrected chi connectivity index (χ1v) is 6.66. The first kappa shape index (κ1) is 15.5. The van der Waals surface area contributed by atoms with Gasteiger partial charge in [0.1, 0.15) is 6.10 Å². The van der Waals surface area contributed by atoms with Crippen molar-refractivity contribution in [1.82, 2.24) is 5.32 Å². The minimum atomic E-state index is -1.45. The summed E-state index contributed by atoms with van der Waals surface area (Å²) in [6, 6.07) is 14.8. The summed E-state index contributed by atoms with van der Waals surface area (Å²) in [5.41, 5.74) is 0.938. The van der Waals surface area contributed by atoms with Crippen LogP contribution in [0.15, 0.2) is 60.7 Å². The Labute approximate surface area is 127 Å². The Balaban J connectivity index is 2.06. The molecule has 2 aromatic rings. The van der Waals surface area contributed by atoms with Gasteiger partial charge in [-0.3, -0.25) is 0 Å². The quantitative estimate of drug-likeness (QED) is 0.678. The van der Waals surface area contributed by atoms with E-state index in [-0.39, 0.29) is 0 Å². The van der Waals surface area contributed by atoms with E-state index < -0.39 is 24.1 Å². The van der Waals surface area contributed by atoms with E-state index in [1.54, 1.807) is 60.7 Å². The molecule has 0 aliphatic rings. The topological polar surface area (TPSA) is 98.7 Å². The fraction of sp³-hybridized carbons (Fsp3) is 0.125. The molecule has 0 bridgehead atoms. The first-order chi connectivity index (χ1) is 10.6. The number of carboxylic acids is 1. The van der Waals surface area contributed by atoms with Crippen molar-refractivity contribution in [3.8, 4) is 0 Å². The molecule has 2 atom stereocenters. The Morgan fingerprint density at radius 2 is 1.45 bits per heavy atom. The van der Waals surface area contributed by atoms with Gasteiger partial charge in [0.05, 0.1) is 0 Å². The number of carbonyl (C=O) groups is 2. The standard InChI is InChI=1S/C16H16N2O4/c19-14(11-7-3-1-4-8-11)13(15(20)21)18-16(22)17-12-9-5-2-6-10-12/h1-10,13-14,19H,(H,20,21)(H2,17,18,22). The number of carbonyl (C=O) groups excluding carboxylic acids is 1. The van der Waals surface area contributed by atoms with Gasteiger partial charge in [-0.25, -0.2) is 9.59 Å². The summed E-state index contributed by atoms with van der Waals surface area (Å²) >= 11 is 0. The molecular weight excluding hydrogens is 284 g/mol. The number of amides is 2. The number of benzene rings is 2. The highest BCUT2D eigenvalue weighted by Crippen LogP contribution is 2.17. The summed E-state index contributed by atoms with van der Waals surface area (Å²) < 4.78 is 0. The average Bonchev–Trinajstić information content (AvgIpc) is 2.53. The van der Waals surface area contributed by atoms with Crippen molar-refractivity contribution >= 4 is 17.7 Å². The van der Waals surface area contributed by atoms with Crippen molar-refractivity contribution in [1.29, 1.82) is 0 Å². The van der Waals surface area contributed by atoms with Gasteiger partial charge in [0.25, 0.3) is 0 Å². The zero-order valence-corrected chi connectivity index (χ0v) is 11.6. The maximum atomic E-state index is 11.9. The average molecular weight is 300 g/mol. The fourth-order valence-corrected chi connectivity index (χ4v) is 1.95. The van der Waals surface area contributed by atoms with Crippen LogP contribution in [0, 0.1) is 0 Å². The van der Waals surface area contributed by atoms with Crippen LogP contribution >= 0.6 is 0 Å². The number of hydrogen-bond donors (Lipinski definition) is 4. The molecule has 0 heterocycles. The van der Waals surface area contributed by atoms with Crippen LogP contribution in [-0.4, -0.2) is 28.3 Å². The van der Waals surface area contributed by atoms with Crippen molar-refractivity contribution in [2.45, 2.75) is 12.1 Å². The lowest BCUT2D eigenvalue weighted by Gasteiger charge is -2.21. The summed E-state index contributed by atoms with van der Waals surface area (Å²) in [5.74, 6) is -1.32. The second-order valence-corrected chi connectivity index (χ2v) is 4.64. The molecule has 4 N–H and O–H groups in total. The van der Waals surface area contributed by atoms with Crippen LogP contribution in [0.1, 0.15) is 11.7 Å². The van der Waals surface area contributed by atoms with Gasteiger partial charge in [0.15, 0.2) is 6.04 Å². The second-order valence-electron chi connectivity index (χ2n) is 4.64. The van der Waals surface area contributed by atoms with Gasteiger partial charge in [-0.15, -0.1) is 0 Å². The lowest BCUT2D eigenvalue weighted by atomic mass is 10.0. The minimum Gasteiger partial charge on any atom is -0.480 e. The zero-order valence-electron chi connectivity index (χ0n) is 11.6. The Bertz CT molecular complexity index is 631. The number of aliphatic hydroxyl groups excluding tert-OH is 1. The maximum Gasteiger partial charge on any atom is 0.329 e. The van der Waals surface area contributed by atoms with E-state index in [0.29, 0.717) is 11.3 Å². The summed E-state index contributed by atoms with van der Waals surface area (Å²) in [5, 5.41) is 24.1. The number of aliphatic carboxylic acids is 1. The van der Waals surface area contributed by atoms with Crippen molar-refractivity contribution in [2.24, 2.45) is 0 Å². The lowest BCUT2D eigenvalue weighted by molar-refractivity contribution is -0.142. The highest BCUT2D eigenvalue weighted by molar-refractivity contribution is 5.92. The predicted octanol–water partition coefficient (Wildman–Crippen LogP) is 1.99. The number of aliphatic hydroxyl groups is 1. The van der Waals surface area contributed by atoms with Gasteiger partial charge < -0.3 is 20.8 Å². The lowest BCUT2D eigenvalue weighted by Crippen LogP contribution is -2.46. The van der Waals surface area contributed by atoms with Crippen LogP contribution in [0.2, 0.25) is 0 Å². The molecule has 0 aromatic heterocycles. The highest BCUT2D eigenvalue weighted by atomic mass is 16.4. The van der Waals surface area contributed by atoms with E-state index in [2.05, 4.69) is 10.6 Å². The normalized spacial score (nSPS) is 13.0. The van der Waals surface area contributed by atoms with E-state index in [4.69, 9.17) is 0 Å². The minimum absolute atomic E-state index is 0.412. The molecule has 0 aliphatic carbocycles. The molecule has 6 heteroatoms. The van der Waals surface area contributed by atoms with Crippen LogP contribution < -0.4 is 10.6 Å². The fourth-order valence-electron chi connectivity index (χ4n) is 1.95. The molecular formula is C16H16N2O4. The molecule has 2 rings (SSSR count). The second kappa shape index (κ2) is 7.24. The van der Waals surface area contributed by atoms with Gasteiger partial charge in [-0.05, 0) is 17.7 Å². The molecule has 0 fully saturated rings. The van der Waals surface area contributed by atoms with Gasteiger partial charge >= 0.3 is 12.0 Å². The molecule has 0 radical (unpaired) electrons. The Morgan fingerprint density at radius 1 is 0.909 bits per heavy atom. The molecule has 0 saturated carbocycles. The third kappa shape index (κ3) is 4.07. The third-order valence-corrected chi connectivity index (χ3v) is 3.04. The van der Waals surface area contributed by atoms with Crippen LogP contribution in [-0.2, 0) is 4.79 Å². The van der Waals surface area contributed by atoms with Crippen LogP contribution in [0.25, 0.3) is 0 Å². The van der Waals surface area contributed by atoms with Gasteiger partial charge in [-0.2, -0.15) is 0 Å². The Kier molecular flexibility index (Phi) is 5.11. The van der Waals surface area contributed by atoms with Gasteiger partial charge in [0.2, 0.25) is 0 Å². The maximum absolute atomic E-state index is 11.9. The number of carboxylic acid groups (broad SMARTS) is 1. The summed E-state index contributed by atoms with van der Waals surface area (Å²) in [4.78, 5) is 23.2. The van der Waals surface area contributed by atoms with Crippen molar-refractivity contribution in [3.05, 3.63) is 66.2 Å². The first-order valence-electron chi connectivity index (χ1n) is 6.66. The molecule has 2 aromatic carbocycles. The monoisotopic (exact) mass is 300 g/mol. The van der Waals surface area contributed by atoms with E-state index in [1.807, 2.05) is 0 Å². The largest absolute Gasteiger partial charge is 0.480 e. The summed E-state index contributed by atoms with van der Waals surface area (Å²) in [6.45, 7) is 0. The molecule has 2 unspecified atom stereocenters.